The lowest BCUT2D eigenvalue weighted by Gasteiger charge is -1.80. The third-order valence-electron chi connectivity index (χ3n) is 0.302. The molecule has 5 heteroatoms. The fraction of sp³-hybridized carbons (Fsp3) is 0.500. The van der Waals surface area contributed by atoms with Crippen LogP contribution >= 0.6 is 0 Å². The van der Waals surface area contributed by atoms with Gasteiger partial charge < -0.3 is 15.3 Å². The molecule has 0 fully saturated rings. The molecule has 0 rings (SSSR count). The van der Waals surface area contributed by atoms with Crippen LogP contribution < -0.4 is 0 Å². The number of carboxylic acids is 2. The molecule has 0 aliphatic rings. The van der Waals surface area contributed by atoms with Crippen molar-refractivity contribution in [1.82, 2.24) is 0 Å². The van der Waals surface area contributed by atoms with Crippen molar-refractivity contribution in [2.45, 2.75) is 6.42 Å². The molecule has 54 valence electrons. The topological polar surface area (TPSA) is 94.8 Å². The monoisotopic (exact) mass is 136 g/mol. The van der Waals surface area contributed by atoms with Gasteiger partial charge in [0.25, 0.3) is 0 Å². The molecular formula is C4H8O5. The van der Waals surface area contributed by atoms with Gasteiger partial charge >= 0.3 is 11.9 Å². The van der Waals surface area contributed by atoms with Gasteiger partial charge in [0, 0.05) is 7.11 Å². The van der Waals surface area contributed by atoms with Crippen molar-refractivity contribution in [3.05, 3.63) is 0 Å². The van der Waals surface area contributed by atoms with Crippen molar-refractivity contribution >= 4 is 11.9 Å². The highest BCUT2D eigenvalue weighted by molar-refractivity contribution is 5.88. The Morgan fingerprint density at radius 3 is 1.33 bits per heavy atom. The summed E-state index contributed by atoms with van der Waals surface area (Å²) in [6.45, 7) is 0. The molecule has 0 radical (unpaired) electrons. The fourth-order valence-corrected chi connectivity index (χ4v) is 0.129. The number of rotatable bonds is 2. The van der Waals surface area contributed by atoms with E-state index in [1.807, 2.05) is 0 Å². The van der Waals surface area contributed by atoms with Gasteiger partial charge in [0.05, 0.1) is 0 Å². The SMILES string of the molecule is CO.O=C(O)CC(=O)O. The highest BCUT2D eigenvalue weighted by Crippen LogP contribution is 1.74. The number of carbonyl (C=O) groups is 2. The Balaban J connectivity index is 0. The van der Waals surface area contributed by atoms with Gasteiger partial charge in [0.2, 0.25) is 0 Å². The van der Waals surface area contributed by atoms with Crippen molar-refractivity contribution in [2.75, 3.05) is 7.11 Å². The second-order valence-electron chi connectivity index (χ2n) is 0.964. The molecule has 0 heterocycles. The van der Waals surface area contributed by atoms with E-state index in [-0.39, 0.29) is 0 Å². The van der Waals surface area contributed by atoms with E-state index in [2.05, 4.69) is 0 Å². The number of aliphatic carboxylic acids is 2. The third kappa shape index (κ3) is 19.7. The first-order valence-corrected chi connectivity index (χ1v) is 2.01. The Kier molecular flexibility index (Phi) is 8.28. The van der Waals surface area contributed by atoms with Crippen LogP contribution in [0.5, 0.6) is 0 Å². The molecule has 0 aromatic carbocycles. The molecule has 0 aromatic heterocycles. The van der Waals surface area contributed by atoms with Crippen LogP contribution in [0.1, 0.15) is 6.42 Å². The van der Waals surface area contributed by atoms with E-state index < -0.39 is 18.4 Å². The molecule has 0 bridgehead atoms. The molecule has 0 saturated heterocycles. The number of aliphatic hydroxyl groups is 1. The lowest BCUT2D eigenvalue weighted by atomic mass is 10.5. The van der Waals surface area contributed by atoms with E-state index >= 15 is 0 Å². The van der Waals surface area contributed by atoms with Crippen LogP contribution in [0, 0.1) is 0 Å². The number of carboxylic acid groups (broad SMARTS) is 2. The largest absolute Gasteiger partial charge is 0.481 e. The summed E-state index contributed by atoms with van der Waals surface area (Å²) in [6.07, 6.45) is -0.806. The summed E-state index contributed by atoms with van der Waals surface area (Å²) in [5.74, 6) is -2.62. The smallest absolute Gasteiger partial charge is 0.314 e. The van der Waals surface area contributed by atoms with Crippen LogP contribution in [0.15, 0.2) is 0 Å². The van der Waals surface area contributed by atoms with Crippen LogP contribution in [-0.2, 0) is 9.59 Å². The molecule has 0 unspecified atom stereocenters. The Morgan fingerprint density at radius 1 is 1.11 bits per heavy atom. The summed E-state index contributed by atoms with van der Waals surface area (Å²) in [5.41, 5.74) is 0. The average Bonchev–Trinajstić information content (AvgIpc) is 1.68. The van der Waals surface area contributed by atoms with Crippen molar-refractivity contribution in [3.63, 3.8) is 0 Å². The van der Waals surface area contributed by atoms with E-state index in [4.69, 9.17) is 15.3 Å². The minimum absolute atomic E-state index is 0.806. The zero-order valence-corrected chi connectivity index (χ0v) is 4.87. The molecule has 0 aromatic rings. The summed E-state index contributed by atoms with van der Waals surface area (Å²) < 4.78 is 0. The van der Waals surface area contributed by atoms with Gasteiger partial charge in [-0.15, -0.1) is 0 Å². The normalized spacial score (nSPS) is 6.89. The summed E-state index contributed by atoms with van der Waals surface area (Å²) in [6, 6.07) is 0. The van der Waals surface area contributed by atoms with Crippen LogP contribution in [0.4, 0.5) is 0 Å². The van der Waals surface area contributed by atoms with Crippen LogP contribution in [0.25, 0.3) is 0 Å². The Labute approximate surface area is 51.5 Å². The van der Waals surface area contributed by atoms with E-state index in [1.165, 1.54) is 0 Å². The third-order valence-corrected chi connectivity index (χ3v) is 0.302. The maximum atomic E-state index is 9.43. The minimum atomic E-state index is -1.31. The van der Waals surface area contributed by atoms with Crippen molar-refractivity contribution in [2.24, 2.45) is 0 Å². The van der Waals surface area contributed by atoms with Gasteiger partial charge in [0.15, 0.2) is 0 Å². The molecule has 0 saturated carbocycles. The van der Waals surface area contributed by atoms with Gasteiger partial charge in [-0.3, -0.25) is 9.59 Å². The molecule has 0 aliphatic heterocycles. The molecule has 0 atom stereocenters. The Hall–Kier alpha value is -1.10. The highest BCUT2D eigenvalue weighted by atomic mass is 16.4. The molecule has 0 spiro atoms. The summed E-state index contributed by atoms with van der Waals surface area (Å²) >= 11 is 0. The first-order valence-electron chi connectivity index (χ1n) is 2.01. The number of aliphatic hydroxyl groups excluding tert-OH is 1. The second kappa shape index (κ2) is 6.90. The Morgan fingerprint density at radius 2 is 1.33 bits per heavy atom. The Bertz CT molecular complexity index is 85.1. The van der Waals surface area contributed by atoms with E-state index in [0.717, 1.165) is 7.11 Å². The van der Waals surface area contributed by atoms with E-state index in [0.29, 0.717) is 0 Å². The zero-order valence-electron chi connectivity index (χ0n) is 4.87. The summed E-state index contributed by atoms with van der Waals surface area (Å²) in [5, 5.41) is 22.4. The lowest BCUT2D eigenvalue weighted by Crippen LogP contribution is -2.03. The molecule has 3 N–H and O–H groups in total. The van der Waals surface area contributed by atoms with Crippen LogP contribution in [0.2, 0.25) is 0 Å². The second-order valence-corrected chi connectivity index (χ2v) is 0.964. The van der Waals surface area contributed by atoms with Gasteiger partial charge in [-0.1, -0.05) is 0 Å². The first-order chi connectivity index (χ1) is 4.13. The quantitative estimate of drug-likeness (QED) is 0.430. The van der Waals surface area contributed by atoms with Gasteiger partial charge in [-0.05, 0) is 0 Å². The predicted octanol–water partition coefficient (Wildman–Crippen LogP) is -0.846. The zero-order chi connectivity index (χ0) is 7.86. The standard InChI is InChI=1S/C3H4O4.CH4O/c4-2(5)1-3(6)7;1-2/h1H2,(H,4,5)(H,6,7);2H,1H3. The highest BCUT2D eigenvalue weighted by Gasteiger charge is 2.01. The van der Waals surface area contributed by atoms with Crippen molar-refractivity contribution in [3.8, 4) is 0 Å². The lowest BCUT2D eigenvalue weighted by molar-refractivity contribution is -0.147. The van der Waals surface area contributed by atoms with Crippen LogP contribution in [0.3, 0.4) is 0 Å². The summed E-state index contributed by atoms with van der Waals surface area (Å²) in [7, 11) is 1.00. The average molecular weight is 136 g/mol. The molecule has 0 aliphatic carbocycles. The van der Waals surface area contributed by atoms with Crippen molar-refractivity contribution in [1.29, 1.82) is 0 Å². The number of hydrogen-bond acceptors (Lipinski definition) is 3. The van der Waals surface area contributed by atoms with Crippen molar-refractivity contribution < 1.29 is 24.9 Å². The predicted molar refractivity (Wildman–Crippen MR) is 28.0 cm³/mol. The van der Waals surface area contributed by atoms with E-state index in [9.17, 15) is 9.59 Å². The molecule has 5 nitrogen and oxygen atoms in total. The van der Waals surface area contributed by atoms with Gasteiger partial charge in [-0.2, -0.15) is 0 Å². The summed E-state index contributed by atoms with van der Waals surface area (Å²) in [4.78, 5) is 18.9. The number of hydrogen-bond donors (Lipinski definition) is 3. The van der Waals surface area contributed by atoms with Gasteiger partial charge in [0.1, 0.15) is 6.42 Å². The molecular weight excluding hydrogens is 128 g/mol. The maximum absolute atomic E-state index is 9.43. The molecule has 9 heavy (non-hydrogen) atoms. The molecule has 0 amide bonds. The maximum Gasteiger partial charge on any atom is 0.314 e. The first kappa shape index (κ1) is 10.8. The minimum Gasteiger partial charge on any atom is -0.481 e. The van der Waals surface area contributed by atoms with E-state index in [1.54, 1.807) is 0 Å². The fourth-order valence-electron chi connectivity index (χ4n) is 0.129. The van der Waals surface area contributed by atoms with Crippen LogP contribution in [-0.4, -0.2) is 34.4 Å². The van der Waals surface area contributed by atoms with Gasteiger partial charge in [-0.25, -0.2) is 0 Å².